The van der Waals surface area contributed by atoms with Gasteiger partial charge in [0.1, 0.15) is 0 Å². The van der Waals surface area contributed by atoms with E-state index in [1.165, 1.54) is 6.92 Å². The normalized spacial score (nSPS) is 10.3. The van der Waals surface area contributed by atoms with E-state index in [0.717, 1.165) is 0 Å². The third kappa shape index (κ3) is 8.11. The van der Waals surface area contributed by atoms with Crippen LogP contribution in [0.5, 0.6) is 0 Å². The maximum absolute atomic E-state index is 12.8. The summed E-state index contributed by atoms with van der Waals surface area (Å²) in [5.41, 5.74) is 1.01. The molecule has 0 aromatic heterocycles. The van der Waals surface area contributed by atoms with Crippen molar-refractivity contribution >= 4 is 23.5 Å². The van der Waals surface area contributed by atoms with Crippen molar-refractivity contribution < 1.29 is 23.9 Å². The lowest BCUT2D eigenvalue weighted by Gasteiger charge is -2.23. The molecular weight excluding hydrogens is 336 g/mol. The van der Waals surface area contributed by atoms with Gasteiger partial charge in [-0.1, -0.05) is 6.07 Å². The van der Waals surface area contributed by atoms with Gasteiger partial charge in [0.2, 0.25) is 5.91 Å². The molecule has 144 valence electrons. The van der Waals surface area contributed by atoms with Crippen LogP contribution in [0.3, 0.4) is 0 Å². The molecule has 26 heavy (non-hydrogen) atoms. The second kappa shape index (κ2) is 12.0. The average Bonchev–Trinajstić information content (AvgIpc) is 2.60. The van der Waals surface area contributed by atoms with Crippen LogP contribution < -0.4 is 5.32 Å². The Bertz CT molecular complexity index is 603. The summed E-state index contributed by atoms with van der Waals surface area (Å²) >= 11 is 0. The van der Waals surface area contributed by atoms with Gasteiger partial charge in [-0.3, -0.25) is 14.4 Å². The van der Waals surface area contributed by atoms with Crippen molar-refractivity contribution in [1.29, 1.82) is 0 Å². The van der Waals surface area contributed by atoms with Gasteiger partial charge < -0.3 is 19.7 Å². The molecule has 1 aromatic rings. The summed E-state index contributed by atoms with van der Waals surface area (Å²) in [7, 11) is 0. The minimum atomic E-state index is -0.331. The highest BCUT2D eigenvalue weighted by Gasteiger charge is 2.17. The van der Waals surface area contributed by atoms with Crippen molar-refractivity contribution in [3.8, 4) is 0 Å². The van der Waals surface area contributed by atoms with Gasteiger partial charge in [-0.25, -0.2) is 0 Å². The lowest BCUT2D eigenvalue weighted by Crippen LogP contribution is -2.34. The van der Waals surface area contributed by atoms with Gasteiger partial charge >= 0.3 is 5.97 Å². The zero-order valence-electron chi connectivity index (χ0n) is 15.7. The van der Waals surface area contributed by atoms with E-state index in [1.54, 1.807) is 36.1 Å². The van der Waals surface area contributed by atoms with E-state index in [-0.39, 0.29) is 30.7 Å². The maximum atomic E-state index is 12.8. The Morgan fingerprint density at radius 1 is 1.12 bits per heavy atom. The Morgan fingerprint density at radius 2 is 1.88 bits per heavy atom. The standard InChI is InChI=1S/C19H28N2O5/c1-4-25-13-7-11-21(12-10-18(23)26-5-2)19(24)16-8-6-9-17(14-16)20-15(3)22/h6,8-9,14H,4-5,7,10-13H2,1-3H3,(H,20,22). The monoisotopic (exact) mass is 364 g/mol. The first-order valence-electron chi connectivity index (χ1n) is 8.88. The van der Waals surface area contributed by atoms with E-state index in [4.69, 9.17) is 9.47 Å². The van der Waals surface area contributed by atoms with Crippen molar-refractivity contribution in [2.24, 2.45) is 0 Å². The van der Waals surface area contributed by atoms with Gasteiger partial charge in [-0.2, -0.15) is 0 Å². The largest absolute Gasteiger partial charge is 0.466 e. The predicted octanol–water partition coefficient (Wildman–Crippen LogP) is 2.47. The summed E-state index contributed by atoms with van der Waals surface area (Å²) in [5.74, 6) is -0.731. The van der Waals surface area contributed by atoms with Crippen molar-refractivity contribution in [3.05, 3.63) is 29.8 Å². The summed E-state index contributed by atoms with van der Waals surface area (Å²) < 4.78 is 10.3. The molecule has 0 spiro atoms. The molecule has 0 aliphatic heterocycles. The number of esters is 1. The summed E-state index contributed by atoms with van der Waals surface area (Å²) in [6.45, 7) is 7.30. The number of carbonyl (C=O) groups is 3. The zero-order chi connectivity index (χ0) is 19.4. The molecule has 0 atom stereocenters. The summed E-state index contributed by atoms with van der Waals surface area (Å²) in [6.07, 6.45) is 0.813. The minimum Gasteiger partial charge on any atom is -0.466 e. The second-order valence-corrected chi connectivity index (χ2v) is 5.66. The smallest absolute Gasteiger partial charge is 0.307 e. The van der Waals surface area contributed by atoms with Crippen LogP contribution in [0.25, 0.3) is 0 Å². The van der Waals surface area contributed by atoms with E-state index in [2.05, 4.69) is 5.32 Å². The molecule has 2 amide bonds. The lowest BCUT2D eigenvalue weighted by molar-refractivity contribution is -0.143. The van der Waals surface area contributed by atoms with Crippen molar-refractivity contribution in [1.82, 2.24) is 4.90 Å². The molecule has 0 bridgehead atoms. The number of carbonyl (C=O) groups excluding carboxylic acids is 3. The Balaban J connectivity index is 2.80. The van der Waals surface area contributed by atoms with Crippen LogP contribution in [0.4, 0.5) is 5.69 Å². The molecule has 0 aliphatic rings. The number of rotatable bonds is 11. The van der Waals surface area contributed by atoms with E-state index in [1.807, 2.05) is 6.92 Å². The highest BCUT2D eigenvalue weighted by Crippen LogP contribution is 2.14. The molecule has 7 heteroatoms. The Morgan fingerprint density at radius 3 is 2.54 bits per heavy atom. The minimum absolute atomic E-state index is 0.138. The molecule has 1 N–H and O–H groups in total. The molecule has 7 nitrogen and oxygen atoms in total. The topological polar surface area (TPSA) is 84.9 Å². The molecule has 0 radical (unpaired) electrons. The van der Waals surface area contributed by atoms with Crippen LogP contribution in [0.1, 0.15) is 44.0 Å². The first-order valence-corrected chi connectivity index (χ1v) is 8.88. The van der Waals surface area contributed by atoms with E-state index < -0.39 is 0 Å². The Hall–Kier alpha value is -2.41. The number of hydrogen-bond acceptors (Lipinski definition) is 5. The number of nitrogens with one attached hydrogen (secondary N) is 1. The average molecular weight is 364 g/mol. The summed E-state index contributed by atoms with van der Waals surface area (Å²) in [6, 6.07) is 6.75. The molecule has 1 rings (SSSR count). The van der Waals surface area contributed by atoms with E-state index in [9.17, 15) is 14.4 Å². The van der Waals surface area contributed by atoms with Crippen molar-refractivity contribution in [2.45, 2.75) is 33.6 Å². The number of anilines is 1. The maximum Gasteiger partial charge on any atom is 0.307 e. The lowest BCUT2D eigenvalue weighted by atomic mass is 10.1. The SMILES string of the molecule is CCOCCCN(CCC(=O)OCC)C(=O)c1cccc(NC(C)=O)c1. The second-order valence-electron chi connectivity index (χ2n) is 5.66. The fraction of sp³-hybridized carbons (Fsp3) is 0.526. The van der Waals surface area contributed by atoms with Crippen LogP contribution in [0, 0.1) is 0 Å². The van der Waals surface area contributed by atoms with Gasteiger partial charge in [0.05, 0.1) is 13.0 Å². The summed E-state index contributed by atoms with van der Waals surface area (Å²) in [5, 5.41) is 2.66. The highest BCUT2D eigenvalue weighted by molar-refractivity contribution is 5.97. The molecular formula is C19H28N2O5. The number of benzene rings is 1. The van der Waals surface area contributed by atoms with Gasteiger partial charge in [0, 0.05) is 44.5 Å². The van der Waals surface area contributed by atoms with Crippen LogP contribution in [-0.4, -0.2) is 55.6 Å². The quantitative estimate of drug-likeness (QED) is 0.482. The molecule has 0 heterocycles. The van der Waals surface area contributed by atoms with Crippen molar-refractivity contribution in [3.63, 3.8) is 0 Å². The van der Waals surface area contributed by atoms with E-state index in [0.29, 0.717) is 44.0 Å². The molecule has 1 aromatic carbocycles. The van der Waals surface area contributed by atoms with Crippen molar-refractivity contribution in [2.75, 3.05) is 38.2 Å². The van der Waals surface area contributed by atoms with E-state index >= 15 is 0 Å². The predicted molar refractivity (Wildman–Crippen MR) is 99.0 cm³/mol. The number of nitrogens with zero attached hydrogens (tertiary/aromatic N) is 1. The zero-order valence-corrected chi connectivity index (χ0v) is 15.7. The third-order valence-electron chi connectivity index (χ3n) is 3.53. The van der Waals surface area contributed by atoms with Crippen LogP contribution >= 0.6 is 0 Å². The first-order chi connectivity index (χ1) is 12.5. The molecule has 0 aliphatic carbocycles. The fourth-order valence-corrected chi connectivity index (χ4v) is 2.39. The van der Waals surface area contributed by atoms with Crippen LogP contribution in [0.15, 0.2) is 24.3 Å². The van der Waals surface area contributed by atoms with Gasteiger partial charge in [0.25, 0.3) is 5.91 Å². The van der Waals surface area contributed by atoms with Crippen LogP contribution in [-0.2, 0) is 19.1 Å². The van der Waals surface area contributed by atoms with Gasteiger partial charge in [-0.15, -0.1) is 0 Å². The van der Waals surface area contributed by atoms with Crippen LogP contribution in [0.2, 0.25) is 0 Å². The van der Waals surface area contributed by atoms with Gasteiger partial charge in [-0.05, 0) is 38.5 Å². The Kier molecular flexibility index (Phi) is 10.0. The molecule has 0 saturated heterocycles. The fourth-order valence-electron chi connectivity index (χ4n) is 2.39. The number of hydrogen-bond donors (Lipinski definition) is 1. The number of ether oxygens (including phenoxy) is 2. The molecule has 0 unspecified atom stereocenters. The molecule has 0 fully saturated rings. The Labute approximate surface area is 154 Å². The highest BCUT2D eigenvalue weighted by atomic mass is 16.5. The van der Waals surface area contributed by atoms with Gasteiger partial charge in [0.15, 0.2) is 0 Å². The molecule has 0 saturated carbocycles. The number of amides is 2. The summed E-state index contributed by atoms with van der Waals surface area (Å²) in [4.78, 5) is 37.3. The first kappa shape index (κ1) is 21.6. The third-order valence-corrected chi connectivity index (χ3v) is 3.53.